The van der Waals surface area contributed by atoms with E-state index < -0.39 is 11.9 Å². The van der Waals surface area contributed by atoms with Gasteiger partial charge >= 0.3 is 11.9 Å². The van der Waals surface area contributed by atoms with Crippen LogP contribution in [0.15, 0.2) is 11.5 Å². The summed E-state index contributed by atoms with van der Waals surface area (Å²) in [5, 5.41) is 0. The molecule has 0 aliphatic rings. The maximum atomic E-state index is 11.4. The van der Waals surface area contributed by atoms with Gasteiger partial charge in [0.05, 0.1) is 19.8 Å². The van der Waals surface area contributed by atoms with Crippen LogP contribution in [0, 0.1) is 0 Å². The maximum Gasteiger partial charge on any atom is 0.376 e. The number of carbonyl (C=O) groups excluding carboxylic acids is 2. The number of carbonyl (C=O) groups is 2. The molecule has 0 radical (unpaired) electrons. The van der Waals surface area contributed by atoms with Gasteiger partial charge in [0.15, 0.2) is 5.70 Å². The number of nitrogens with two attached hydrogens (primary N) is 1. The number of hydrogen-bond acceptors (Lipinski definition) is 6. The fourth-order valence-corrected chi connectivity index (χ4v) is 0.889. The van der Waals surface area contributed by atoms with E-state index in [9.17, 15) is 9.59 Å². The lowest BCUT2D eigenvalue weighted by Gasteiger charge is -2.10. The molecule has 16 heavy (non-hydrogen) atoms. The zero-order chi connectivity index (χ0) is 12.6. The molecule has 0 aromatic rings. The van der Waals surface area contributed by atoms with Crippen LogP contribution in [0.25, 0.3) is 0 Å². The third-order valence-electron chi connectivity index (χ3n) is 1.49. The second kappa shape index (κ2) is 7.56. The summed E-state index contributed by atoms with van der Waals surface area (Å²) in [6.45, 7) is 5.48. The van der Waals surface area contributed by atoms with Crippen molar-refractivity contribution in [1.29, 1.82) is 0 Å². The minimum Gasteiger partial charge on any atom is -0.485 e. The monoisotopic (exact) mass is 231 g/mol. The normalized spacial score (nSPS) is 11.4. The minimum absolute atomic E-state index is 0.168. The number of esters is 2. The Morgan fingerprint density at radius 2 is 1.31 bits per heavy atom. The van der Waals surface area contributed by atoms with Crippen LogP contribution in [0.4, 0.5) is 0 Å². The Balaban J connectivity index is 4.90. The van der Waals surface area contributed by atoms with Gasteiger partial charge in [0.2, 0.25) is 5.76 Å². The lowest BCUT2D eigenvalue weighted by molar-refractivity contribution is -0.145. The quantitative estimate of drug-likeness (QED) is 0.402. The lowest BCUT2D eigenvalue weighted by Crippen LogP contribution is -2.23. The van der Waals surface area contributed by atoms with E-state index in [1.54, 1.807) is 20.8 Å². The van der Waals surface area contributed by atoms with Gasteiger partial charge in [0.1, 0.15) is 0 Å². The van der Waals surface area contributed by atoms with Gasteiger partial charge < -0.3 is 19.9 Å². The van der Waals surface area contributed by atoms with E-state index in [2.05, 4.69) is 4.74 Å². The molecule has 0 rings (SSSR count). The standard InChI is InChI=1S/C10H17NO5/c1-4-14-8(10(13)16-6-3)7(11)9(12)15-5-2/h4-6,11H2,1-3H3/b8-7-. The van der Waals surface area contributed by atoms with E-state index in [-0.39, 0.29) is 31.3 Å². The zero-order valence-corrected chi connectivity index (χ0v) is 9.74. The molecule has 0 fully saturated rings. The van der Waals surface area contributed by atoms with E-state index in [0.717, 1.165) is 0 Å². The van der Waals surface area contributed by atoms with Crippen molar-refractivity contribution in [3.8, 4) is 0 Å². The number of rotatable bonds is 6. The van der Waals surface area contributed by atoms with Crippen LogP contribution in [-0.2, 0) is 23.8 Å². The van der Waals surface area contributed by atoms with Crippen LogP contribution in [0.5, 0.6) is 0 Å². The first-order chi connectivity index (χ1) is 7.58. The lowest BCUT2D eigenvalue weighted by atomic mass is 10.3. The predicted octanol–water partition coefficient (Wildman–Crippen LogP) is 0.319. The van der Waals surface area contributed by atoms with Crippen LogP contribution in [0.2, 0.25) is 0 Å². The van der Waals surface area contributed by atoms with Crippen LogP contribution < -0.4 is 5.73 Å². The van der Waals surface area contributed by atoms with Gasteiger partial charge in [-0.3, -0.25) is 0 Å². The van der Waals surface area contributed by atoms with E-state index in [1.807, 2.05) is 0 Å². The molecular weight excluding hydrogens is 214 g/mol. The van der Waals surface area contributed by atoms with Gasteiger partial charge in [-0.2, -0.15) is 0 Å². The third-order valence-corrected chi connectivity index (χ3v) is 1.49. The highest BCUT2D eigenvalue weighted by Crippen LogP contribution is 2.06. The third kappa shape index (κ3) is 4.20. The molecule has 92 valence electrons. The molecule has 0 aromatic heterocycles. The number of ether oxygens (including phenoxy) is 3. The van der Waals surface area contributed by atoms with Crippen molar-refractivity contribution in [3.63, 3.8) is 0 Å². The first-order valence-electron chi connectivity index (χ1n) is 5.05. The van der Waals surface area contributed by atoms with Crippen LogP contribution in [-0.4, -0.2) is 31.8 Å². The molecule has 0 unspecified atom stereocenters. The summed E-state index contributed by atoms with van der Waals surface area (Å²) in [6, 6.07) is 0. The van der Waals surface area contributed by atoms with Gasteiger partial charge in [-0.25, -0.2) is 9.59 Å². The maximum absolute atomic E-state index is 11.4. The minimum atomic E-state index is -0.793. The molecule has 0 spiro atoms. The van der Waals surface area contributed by atoms with Gasteiger partial charge in [0.25, 0.3) is 0 Å². The molecule has 6 heteroatoms. The molecule has 0 saturated carbocycles. The molecule has 0 heterocycles. The van der Waals surface area contributed by atoms with Crippen molar-refractivity contribution >= 4 is 11.9 Å². The highest BCUT2D eigenvalue weighted by Gasteiger charge is 2.22. The van der Waals surface area contributed by atoms with Crippen molar-refractivity contribution < 1.29 is 23.8 Å². The molecule has 0 amide bonds. The Bertz CT molecular complexity index is 285. The summed E-state index contributed by atoms with van der Waals surface area (Å²) in [6.07, 6.45) is 0. The second-order valence-corrected chi connectivity index (χ2v) is 2.62. The molecule has 6 nitrogen and oxygen atoms in total. The van der Waals surface area contributed by atoms with E-state index in [4.69, 9.17) is 15.2 Å². The Kier molecular flexibility index (Phi) is 6.74. The first kappa shape index (κ1) is 14.3. The van der Waals surface area contributed by atoms with E-state index in [1.165, 1.54) is 0 Å². The summed E-state index contributed by atoms with van der Waals surface area (Å²) in [4.78, 5) is 22.7. The summed E-state index contributed by atoms with van der Waals surface area (Å²) in [5.74, 6) is -1.86. The Labute approximate surface area is 94.3 Å². The van der Waals surface area contributed by atoms with Crippen molar-refractivity contribution in [2.45, 2.75) is 20.8 Å². The number of hydrogen-bond donors (Lipinski definition) is 1. The Morgan fingerprint density at radius 1 is 0.875 bits per heavy atom. The highest BCUT2D eigenvalue weighted by atomic mass is 16.6. The van der Waals surface area contributed by atoms with Crippen molar-refractivity contribution in [1.82, 2.24) is 0 Å². The smallest absolute Gasteiger partial charge is 0.376 e. The molecule has 0 aliphatic carbocycles. The zero-order valence-electron chi connectivity index (χ0n) is 9.74. The van der Waals surface area contributed by atoms with Gasteiger partial charge in [-0.05, 0) is 20.8 Å². The fraction of sp³-hybridized carbons (Fsp3) is 0.600. The van der Waals surface area contributed by atoms with Gasteiger partial charge in [0, 0.05) is 0 Å². The molecule has 0 saturated heterocycles. The average molecular weight is 231 g/mol. The first-order valence-corrected chi connectivity index (χ1v) is 5.05. The Morgan fingerprint density at radius 3 is 1.75 bits per heavy atom. The van der Waals surface area contributed by atoms with Gasteiger partial charge in [-0.1, -0.05) is 0 Å². The van der Waals surface area contributed by atoms with Crippen LogP contribution >= 0.6 is 0 Å². The summed E-state index contributed by atoms with van der Waals surface area (Å²) >= 11 is 0. The van der Waals surface area contributed by atoms with Crippen LogP contribution in [0.1, 0.15) is 20.8 Å². The average Bonchev–Trinajstić information content (AvgIpc) is 2.25. The molecule has 0 bridgehead atoms. The van der Waals surface area contributed by atoms with Crippen molar-refractivity contribution in [2.75, 3.05) is 19.8 Å². The molecule has 2 N–H and O–H groups in total. The fourth-order valence-electron chi connectivity index (χ4n) is 0.889. The highest BCUT2D eigenvalue weighted by molar-refractivity contribution is 5.98. The SMILES string of the molecule is CCOC(=O)/C(N)=C(/OCC)C(=O)OCC. The van der Waals surface area contributed by atoms with Crippen molar-refractivity contribution in [3.05, 3.63) is 11.5 Å². The molecule has 0 aliphatic heterocycles. The van der Waals surface area contributed by atoms with E-state index in [0.29, 0.717) is 0 Å². The molecular formula is C10H17NO5. The summed E-state index contributed by atoms with van der Waals surface area (Å²) in [7, 11) is 0. The Hall–Kier alpha value is -1.72. The largest absolute Gasteiger partial charge is 0.485 e. The topological polar surface area (TPSA) is 87.9 Å². The van der Waals surface area contributed by atoms with Crippen molar-refractivity contribution in [2.24, 2.45) is 5.73 Å². The molecule has 0 atom stereocenters. The summed E-state index contributed by atoms with van der Waals surface area (Å²) in [5.41, 5.74) is 5.07. The second-order valence-electron chi connectivity index (χ2n) is 2.62. The summed E-state index contributed by atoms with van der Waals surface area (Å²) < 4.78 is 14.3. The van der Waals surface area contributed by atoms with Gasteiger partial charge in [-0.15, -0.1) is 0 Å². The molecule has 0 aromatic carbocycles. The van der Waals surface area contributed by atoms with E-state index >= 15 is 0 Å². The van der Waals surface area contributed by atoms with Crippen LogP contribution in [0.3, 0.4) is 0 Å². The predicted molar refractivity (Wildman–Crippen MR) is 56.1 cm³/mol.